The molecule has 0 aromatic heterocycles. The summed E-state index contributed by atoms with van der Waals surface area (Å²) in [5, 5.41) is 8.64. The summed E-state index contributed by atoms with van der Waals surface area (Å²) in [5.74, 6) is -0.880. The molecule has 0 amide bonds. The molecule has 5 nitrogen and oxygen atoms in total. The van der Waals surface area contributed by atoms with E-state index in [0.717, 1.165) is 0 Å². The van der Waals surface area contributed by atoms with Crippen molar-refractivity contribution < 1.29 is 17.9 Å². The Morgan fingerprint density at radius 2 is 1.95 bits per heavy atom. The zero-order chi connectivity index (χ0) is 14.3. The molecule has 1 aromatic rings. The summed E-state index contributed by atoms with van der Waals surface area (Å²) in [7, 11) is -3.35. The van der Waals surface area contributed by atoms with Crippen LogP contribution in [0.3, 0.4) is 0 Å². The van der Waals surface area contributed by atoms with Crippen LogP contribution in [0.1, 0.15) is 24.5 Å². The molecule has 0 heterocycles. The van der Waals surface area contributed by atoms with Crippen LogP contribution in [-0.4, -0.2) is 26.7 Å². The van der Waals surface area contributed by atoms with Crippen LogP contribution in [0.15, 0.2) is 24.3 Å². The summed E-state index contributed by atoms with van der Waals surface area (Å²) >= 11 is 0. The van der Waals surface area contributed by atoms with E-state index < -0.39 is 15.8 Å². The maximum atomic E-state index is 11.8. The van der Waals surface area contributed by atoms with Gasteiger partial charge in [-0.1, -0.05) is 12.1 Å². The van der Waals surface area contributed by atoms with E-state index in [9.17, 15) is 13.2 Å². The van der Waals surface area contributed by atoms with Gasteiger partial charge < -0.3 is 4.74 Å². The summed E-state index contributed by atoms with van der Waals surface area (Å²) in [5.41, 5.74) is 1.08. The van der Waals surface area contributed by atoms with Gasteiger partial charge in [0, 0.05) is 0 Å². The molecule has 102 valence electrons. The number of benzene rings is 1. The molecule has 0 radical (unpaired) electrons. The Hall–Kier alpha value is -1.87. The lowest BCUT2D eigenvalue weighted by Gasteiger charge is -2.05. The fourth-order valence-corrected chi connectivity index (χ4v) is 2.80. The predicted molar refractivity (Wildman–Crippen MR) is 69.9 cm³/mol. The van der Waals surface area contributed by atoms with Crippen LogP contribution in [0.2, 0.25) is 0 Å². The largest absolute Gasteiger partial charge is 0.466 e. The maximum Gasteiger partial charge on any atom is 0.306 e. The van der Waals surface area contributed by atoms with Crippen molar-refractivity contribution in [1.29, 1.82) is 5.26 Å². The van der Waals surface area contributed by atoms with Gasteiger partial charge in [0.15, 0.2) is 9.84 Å². The average molecular weight is 281 g/mol. The Bertz CT molecular complexity index is 570. The number of esters is 1. The van der Waals surface area contributed by atoms with Gasteiger partial charge in [-0.3, -0.25) is 4.79 Å². The lowest BCUT2D eigenvalue weighted by Crippen LogP contribution is -2.14. The zero-order valence-electron chi connectivity index (χ0n) is 10.6. The fourth-order valence-electron chi connectivity index (χ4n) is 1.47. The average Bonchev–Trinajstić information content (AvgIpc) is 2.37. The van der Waals surface area contributed by atoms with Crippen molar-refractivity contribution in [3.05, 3.63) is 35.4 Å². The first-order valence-electron chi connectivity index (χ1n) is 5.82. The first-order valence-corrected chi connectivity index (χ1v) is 7.64. The number of ether oxygens (including phenoxy) is 1. The first-order chi connectivity index (χ1) is 8.96. The van der Waals surface area contributed by atoms with E-state index in [1.807, 2.05) is 6.07 Å². The van der Waals surface area contributed by atoms with E-state index in [4.69, 9.17) is 5.26 Å². The molecule has 0 bridgehead atoms. The maximum absolute atomic E-state index is 11.8. The smallest absolute Gasteiger partial charge is 0.306 e. The van der Waals surface area contributed by atoms with Gasteiger partial charge in [-0.15, -0.1) is 0 Å². The van der Waals surface area contributed by atoms with Crippen molar-refractivity contribution in [1.82, 2.24) is 0 Å². The molecule has 0 fully saturated rings. The highest BCUT2D eigenvalue weighted by atomic mass is 32.2. The zero-order valence-corrected chi connectivity index (χ0v) is 11.4. The van der Waals surface area contributed by atoms with E-state index >= 15 is 0 Å². The summed E-state index contributed by atoms with van der Waals surface area (Å²) in [6.45, 7) is 1.91. The van der Waals surface area contributed by atoms with Crippen molar-refractivity contribution in [3.8, 4) is 6.07 Å². The van der Waals surface area contributed by atoms with Gasteiger partial charge in [0.25, 0.3) is 0 Å². The number of sulfone groups is 1. The van der Waals surface area contributed by atoms with Gasteiger partial charge in [0.2, 0.25) is 0 Å². The van der Waals surface area contributed by atoms with Crippen molar-refractivity contribution in [3.63, 3.8) is 0 Å². The molecular weight excluding hydrogens is 266 g/mol. The molecule has 0 atom stereocenters. The Morgan fingerprint density at radius 3 is 2.47 bits per heavy atom. The van der Waals surface area contributed by atoms with Gasteiger partial charge >= 0.3 is 5.97 Å². The van der Waals surface area contributed by atoms with E-state index in [2.05, 4.69) is 4.74 Å². The second kappa shape index (κ2) is 6.90. The molecule has 19 heavy (non-hydrogen) atoms. The number of hydrogen-bond acceptors (Lipinski definition) is 5. The number of hydrogen-bond donors (Lipinski definition) is 0. The number of carbonyl (C=O) groups is 1. The molecule has 0 saturated heterocycles. The Kier molecular flexibility index (Phi) is 5.52. The first kappa shape index (κ1) is 15.2. The molecule has 0 aliphatic carbocycles. The molecule has 1 rings (SSSR count). The van der Waals surface area contributed by atoms with Crippen LogP contribution < -0.4 is 0 Å². The number of nitriles is 1. The molecule has 0 aliphatic rings. The standard InChI is InChI=1S/C13H15NO4S/c1-2-18-13(15)7-8-19(16,17)10-12-5-3-11(9-14)4-6-12/h3-6H,2,7-8,10H2,1H3. The quantitative estimate of drug-likeness (QED) is 0.736. The van der Waals surface area contributed by atoms with E-state index in [-0.39, 0.29) is 24.5 Å². The van der Waals surface area contributed by atoms with Crippen molar-refractivity contribution in [2.24, 2.45) is 0 Å². The van der Waals surface area contributed by atoms with Gasteiger partial charge in [-0.05, 0) is 24.6 Å². The molecule has 0 saturated carbocycles. The number of nitrogens with zero attached hydrogens (tertiary/aromatic N) is 1. The third kappa shape index (κ3) is 5.53. The molecule has 0 spiro atoms. The molecule has 0 unspecified atom stereocenters. The van der Waals surface area contributed by atoms with Gasteiger partial charge in [-0.25, -0.2) is 8.42 Å². The number of rotatable bonds is 6. The number of carbonyl (C=O) groups excluding carboxylic acids is 1. The third-order valence-electron chi connectivity index (χ3n) is 2.39. The summed E-state index contributed by atoms with van der Waals surface area (Å²) in [6, 6.07) is 8.29. The lowest BCUT2D eigenvalue weighted by molar-refractivity contribution is -0.142. The minimum absolute atomic E-state index is 0.132. The summed E-state index contributed by atoms with van der Waals surface area (Å²) in [6.07, 6.45) is -0.132. The highest BCUT2D eigenvalue weighted by Gasteiger charge is 2.15. The van der Waals surface area contributed by atoms with E-state index in [0.29, 0.717) is 11.1 Å². The van der Waals surface area contributed by atoms with Crippen LogP contribution in [0.4, 0.5) is 0 Å². The Balaban J connectivity index is 2.59. The van der Waals surface area contributed by atoms with Crippen molar-refractivity contribution in [2.75, 3.05) is 12.4 Å². The van der Waals surface area contributed by atoms with Crippen LogP contribution in [-0.2, 0) is 25.1 Å². The predicted octanol–water partition coefficient (Wildman–Crippen LogP) is 1.43. The topological polar surface area (TPSA) is 84.2 Å². The van der Waals surface area contributed by atoms with Gasteiger partial charge in [-0.2, -0.15) is 5.26 Å². The van der Waals surface area contributed by atoms with Crippen molar-refractivity contribution >= 4 is 15.8 Å². The van der Waals surface area contributed by atoms with Crippen LogP contribution in [0.5, 0.6) is 0 Å². The molecule has 0 aliphatic heterocycles. The molecule has 0 N–H and O–H groups in total. The second-order valence-electron chi connectivity index (χ2n) is 3.96. The van der Waals surface area contributed by atoms with Gasteiger partial charge in [0.05, 0.1) is 36.2 Å². The molecular formula is C13H15NO4S. The normalized spacial score (nSPS) is 10.7. The third-order valence-corrected chi connectivity index (χ3v) is 3.99. The van der Waals surface area contributed by atoms with E-state index in [1.54, 1.807) is 31.2 Å². The highest BCUT2D eigenvalue weighted by Crippen LogP contribution is 2.09. The van der Waals surface area contributed by atoms with Crippen LogP contribution >= 0.6 is 0 Å². The highest BCUT2D eigenvalue weighted by molar-refractivity contribution is 7.90. The van der Waals surface area contributed by atoms with Crippen molar-refractivity contribution in [2.45, 2.75) is 19.1 Å². The molecule has 6 heteroatoms. The van der Waals surface area contributed by atoms with E-state index in [1.165, 1.54) is 0 Å². The summed E-state index contributed by atoms with van der Waals surface area (Å²) < 4.78 is 28.3. The Morgan fingerprint density at radius 1 is 1.32 bits per heavy atom. The minimum atomic E-state index is -3.35. The van der Waals surface area contributed by atoms with Crippen LogP contribution in [0, 0.1) is 11.3 Å². The molecule has 1 aromatic carbocycles. The minimum Gasteiger partial charge on any atom is -0.466 e. The lowest BCUT2D eigenvalue weighted by atomic mass is 10.2. The monoisotopic (exact) mass is 281 g/mol. The Labute approximate surface area is 112 Å². The SMILES string of the molecule is CCOC(=O)CCS(=O)(=O)Cc1ccc(C#N)cc1. The van der Waals surface area contributed by atoms with Crippen LogP contribution in [0.25, 0.3) is 0 Å². The summed E-state index contributed by atoms with van der Waals surface area (Å²) in [4.78, 5) is 11.1. The van der Waals surface area contributed by atoms with Gasteiger partial charge in [0.1, 0.15) is 0 Å². The fraction of sp³-hybridized carbons (Fsp3) is 0.385. The second-order valence-corrected chi connectivity index (χ2v) is 6.14.